The summed E-state index contributed by atoms with van der Waals surface area (Å²) in [6, 6.07) is 10.3. The van der Waals surface area contributed by atoms with Gasteiger partial charge < -0.3 is 5.32 Å². The van der Waals surface area contributed by atoms with Gasteiger partial charge >= 0.3 is 0 Å². The molecule has 0 radical (unpaired) electrons. The summed E-state index contributed by atoms with van der Waals surface area (Å²) in [5, 5.41) is 3.27. The van der Waals surface area contributed by atoms with E-state index in [0.717, 1.165) is 19.5 Å². The van der Waals surface area contributed by atoms with Crippen LogP contribution in [0.5, 0.6) is 0 Å². The first-order valence-corrected chi connectivity index (χ1v) is 8.37. The summed E-state index contributed by atoms with van der Waals surface area (Å²) in [7, 11) is -2.88. The van der Waals surface area contributed by atoms with Crippen molar-refractivity contribution in [2.75, 3.05) is 24.6 Å². The zero-order valence-electron chi connectivity index (χ0n) is 10.9. The summed E-state index contributed by atoms with van der Waals surface area (Å²) in [6.45, 7) is 3.69. The fraction of sp³-hybridized carbons (Fsp3) is 0.571. The molecule has 0 aromatic heterocycles. The minimum Gasteiger partial charge on any atom is -0.315 e. The van der Waals surface area contributed by atoms with E-state index in [-0.39, 0.29) is 5.41 Å². The predicted molar refractivity (Wildman–Crippen MR) is 74.6 cm³/mol. The number of rotatable bonds is 6. The molecule has 2 rings (SSSR count). The van der Waals surface area contributed by atoms with Gasteiger partial charge in [0.2, 0.25) is 0 Å². The number of hydrogen-bond donors (Lipinski definition) is 1. The molecule has 1 aromatic rings. The van der Waals surface area contributed by atoms with Crippen LogP contribution >= 0.6 is 0 Å². The van der Waals surface area contributed by atoms with Gasteiger partial charge in [-0.15, -0.1) is 0 Å². The second kappa shape index (κ2) is 5.41. The Morgan fingerprint density at radius 3 is 2.33 bits per heavy atom. The molecule has 1 aliphatic rings. The van der Waals surface area contributed by atoms with Crippen LogP contribution in [0.2, 0.25) is 0 Å². The molecule has 0 bridgehead atoms. The highest BCUT2D eigenvalue weighted by Crippen LogP contribution is 2.32. The van der Waals surface area contributed by atoms with E-state index < -0.39 is 9.84 Å². The standard InChI is InChI=1S/C14H21NO2S/c1-2-9-18(16,17)10-8-14(11-15-12-14)13-6-4-3-5-7-13/h3-7,15H,2,8-12H2,1H3. The third-order valence-corrected chi connectivity index (χ3v) is 5.58. The summed E-state index contributed by atoms with van der Waals surface area (Å²) in [6.07, 6.45) is 1.44. The lowest BCUT2D eigenvalue weighted by molar-refractivity contribution is 0.268. The lowest BCUT2D eigenvalue weighted by Crippen LogP contribution is -2.57. The lowest BCUT2D eigenvalue weighted by atomic mass is 9.73. The smallest absolute Gasteiger partial charge is 0.150 e. The maximum atomic E-state index is 11.8. The molecule has 0 aliphatic carbocycles. The SMILES string of the molecule is CCCS(=O)(=O)CCC1(c2ccccc2)CNC1. The van der Waals surface area contributed by atoms with Crippen LogP contribution in [0.15, 0.2) is 30.3 Å². The van der Waals surface area contributed by atoms with Crippen LogP contribution < -0.4 is 5.32 Å². The largest absolute Gasteiger partial charge is 0.315 e. The Labute approximate surface area is 110 Å². The first-order chi connectivity index (χ1) is 8.58. The van der Waals surface area contributed by atoms with Crippen molar-refractivity contribution in [3.05, 3.63) is 35.9 Å². The molecule has 100 valence electrons. The zero-order chi connectivity index (χ0) is 13.1. The Balaban J connectivity index is 2.07. The van der Waals surface area contributed by atoms with Crippen molar-refractivity contribution >= 4 is 9.84 Å². The van der Waals surface area contributed by atoms with Crippen LogP contribution in [0.25, 0.3) is 0 Å². The summed E-state index contributed by atoms with van der Waals surface area (Å²) >= 11 is 0. The van der Waals surface area contributed by atoms with E-state index >= 15 is 0 Å². The van der Waals surface area contributed by atoms with Gasteiger partial charge in [0.1, 0.15) is 9.84 Å². The molecule has 4 heteroatoms. The maximum absolute atomic E-state index is 11.8. The first-order valence-electron chi connectivity index (χ1n) is 6.55. The molecule has 0 atom stereocenters. The maximum Gasteiger partial charge on any atom is 0.150 e. The van der Waals surface area contributed by atoms with Gasteiger partial charge in [0.05, 0.1) is 5.75 Å². The van der Waals surface area contributed by atoms with Crippen molar-refractivity contribution in [2.45, 2.75) is 25.2 Å². The molecule has 1 aromatic carbocycles. The average Bonchev–Trinajstić information content (AvgIpc) is 2.29. The zero-order valence-corrected chi connectivity index (χ0v) is 11.7. The van der Waals surface area contributed by atoms with Crippen LogP contribution in [0.4, 0.5) is 0 Å². The average molecular weight is 267 g/mol. The summed E-state index contributed by atoms with van der Waals surface area (Å²) in [5.74, 6) is 0.614. The van der Waals surface area contributed by atoms with Gasteiger partial charge in [0, 0.05) is 24.3 Å². The fourth-order valence-electron chi connectivity index (χ4n) is 2.51. The highest BCUT2D eigenvalue weighted by Gasteiger charge is 2.39. The fourth-order valence-corrected chi connectivity index (χ4v) is 4.04. The van der Waals surface area contributed by atoms with E-state index in [2.05, 4.69) is 17.4 Å². The summed E-state index contributed by atoms with van der Waals surface area (Å²) < 4.78 is 23.7. The Hall–Kier alpha value is -0.870. The van der Waals surface area contributed by atoms with Gasteiger partial charge in [-0.2, -0.15) is 0 Å². The minimum atomic E-state index is -2.88. The van der Waals surface area contributed by atoms with Crippen molar-refractivity contribution in [3.63, 3.8) is 0 Å². The van der Waals surface area contributed by atoms with Crippen LogP contribution in [-0.2, 0) is 15.3 Å². The second-order valence-electron chi connectivity index (χ2n) is 5.15. The van der Waals surface area contributed by atoms with Crippen molar-refractivity contribution in [1.29, 1.82) is 0 Å². The summed E-state index contributed by atoms with van der Waals surface area (Å²) in [4.78, 5) is 0. The van der Waals surface area contributed by atoms with Gasteiger partial charge in [0.15, 0.2) is 0 Å². The van der Waals surface area contributed by atoms with Gasteiger partial charge in [-0.1, -0.05) is 37.3 Å². The van der Waals surface area contributed by atoms with E-state index in [1.807, 2.05) is 25.1 Å². The molecule has 1 fully saturated rings. The summed E-state index contributed by atoms with van der Waals surface area (Å²) in [5.41, 5.74) is 1.29. The van der Waals surface area contributed by atoms with E-state index in [1.54, 1.807) is 0 Å². The minimum absolute atomic E-state index is 0.0298. The molecular formula is C14H21NO2S. The van der Waals surface area contributed by atoms with Gasteiger partial charge in [-0.3, -0.25) is 0 Å². The lowest BCUT2D eigenvalue weighted by Gasteiger charge is -2.43. The van der Waals surface area contributed by atoms with Crippen molar-refractivity contribution in [1.82, 2.24) is 5.32 Å². The highest BCUT2D eigenvalue weighted by molar-refractivity contribution is 7.91. The van der Waals surface area contributed by atoms with E-state index in [0.29, 0.717) is 17.9 Å². The van der Waals surface area contributed by atoms with Gasteiger partial charge in [-0.05, 0) is 18.4 Å². The van der Waals surface area contributed by atoms with Crippen molar-refractivity contribution in [2.24, 2.45) is 0 Å². The van der Waals surface area contributed by atoms with E-state index in [1.165, 1.54) is 5.56 Å². The first kappa shape index (κ1) is 13.6. The topological polar surface area (TPSA) is 46.2 Å². The second-order valence-corrected chi connectivity index (χ2v) is 7.46. The van der Waals surface area contributed by atoms with E-state index in [4.69, 9.17) is 0 Å². The van der Waals surface area contributed by atoms with Crippen LogP contribution in [0.1, 0.15) is 25.3 Å². The van der Waals surface area contributed by atoms with Gasteiger partial charge in [-0.25, -0.2) is 8.42 Å². The third kappa shape index (κ3) is 2.93. The molecule has 1 aliphatic heterocycles. The molecule has 0 spiro atoms. The molecule has 18 heavy (non-hydrogen) atoms. The van der Waals surface area contributed by atoms with Crippen molar-refractivity contribution in [3.8, 4) is 0 Å². The van der Waals surface area contributed by atoms with Crippen LogP contribution in [-0.4, -0.2) is 33.0 Å². The molecule has 1 saturated heterocycles. The van der Waals surface area contributed by atoms with Gasteiger partial charge in [0.25, 0.3) is 0 Å². The molecule has 3 nitrogen and oxygen atoms in total. The molecule has 1 N–H and O–H groups in total. The molecular weight excluding hydrogens is 246 g/mol. The molecule has 0 amide bonds. The Bertz CT molecular complexity index is 478. The number of sulfone groups is 1. The number of benzene rings is 1. The number of nitrogens with one attached hydrogen (secondary N) is 1. The normalized spacial score (nSPS) is 18.3. The van der Waals surface area contributed by atoms with E-state index in [9.17, 15) is 8.42 Å². The Morgan fingerprint density at radius 2 is 1.83 bits per heavy atom. The molecule has 1 heterocycles. The monoisotopic (exact) mass is 267 g/mol. The quantitative estimate of drug-likeness (QED) is 0.854. The van der Waals surface area contributed by atoms with Crippen LogP contribution in [0.3, 0.4) is 0 Å². The van der Waals surface area contributed by atoms with Crippen molar-refractivity contribution < 1.29 is 8.42 Å². The predicted octanol–water partition coefficient (Wildman–Crippen LogP) is 1.74. The van der Waals surface area contributed by atoms with Crippen LogP contribution in [0, 0.1) is 0 Å². The highest BCUT2D eigenvalue weighted by atomic mass is 32.2. The molecule has 0 unspecified atom stereocenters. The number of hydrogen-bond acceptors (Lipinski definition) is 3. The third-order valence-electron chi connectivity index (χ3n) is 3.72. The Morgan fingerprint density at radius 1 is 1.17 bits per heavy atom. The Kier molecular flexibility index (Phi) is 4.07. The molecule has 0 saturated carbocycles.